The van der Waals surface area contributed by atoms with Crippen molar-refractivity contribution < 1.29 is 13.9 Å². The molecule has 1 saturated carbocycles. The minimum Gasteiger partial charge on any atom is -0.465 e. The Morgan fingerprint density at radius 2 is 2.09 bits per heavy atom. The molecule has 6 heteroatoms. The predicted molar refractivity (Wildman–Crippen MR) is 86.9 cm³/mol. The summed E-state index contributed by atoms with van der Waals surface area (Å²) < 4.78 is 10.9. The van der Waals surface area contributed by atoms with Gasteiger partial charge in [-0.05, 0) is 33.1 Å². The molecule has 1 aromatic heterocycles. The highest BCUT2D eigenvalue weighted by molar-refractivity contribution is 5.80. The molecule has 1 aliphatic rings. The van der Waals surface area contributed by atoms with Crippen LogP contribution in [-0.4, -0.2) is 28.3 Å². The highest BCUT2D eigenvalue weighted by Crippen LogP contribution is 2.39. The Hall–Kier alpha value is -1.43. The third-order valence-electron chi connectivity index (χ3n) is 4.30. The Morgan fingerprint density at radius 3 is 2.74 bits per heavy atom. The van der Waals surface area contributed by atoms with Gasteiger partial charge in [0, 0.05) is 5.92 Å². The zero-order valence-electron chi connectivity index (χ0n) is 14.6. The Morgan fingerprint density at radius 1 is 1.30 bits per heavy atom. The van der Waals surface area contributed by atoms with Crippen LogP contribution >= 0.6 is 0 Å². The minimum absolute atomic E-state index is 0.210. The molecule has 1 N–H and O–H groups in total. The van der Waals surface area contributed by atoms with Crippen LogP contribution in [0.15, 0.2) is 4.42 Å². The van der Waals surface area contributed by atoms with Crippen molar-refractivity contribution in [3.63, 3.8) is 0 Å². The SMILES string of the molecule is CCCCCCC(C)(NCc1nnc(C2CC2)o1)C(=O)OCC. The molecule has 1 heterocycles. The second kappa shape index (κ2) is 8.43. The van der Waals surface area contributed by atoms with Crippen molar-refractivity contribution in [3.05, 3.63) is 11.8 Å². The number of hydrogen-bond acceptors (Lipinski definition) is 6. The molecule has 1 fully saturated rings. The smallest absolute Gasteiger partial charge is 0.326 e. The Kier molecular flexibility index (Phi) is 6.57. The number of carbonyl (C=O) groups is 1. The molecule has 130 valence electrons. The number of rotatable bonds is 11. The van der Waals surface area contributed by atoms with Crippen LogP contribution in [0.2, 0.25) is 0 Å². The van der Waals surface area contributed by atoms with Gasteiger partial charge < -0.3 is 9.15 Å². The summed E-state index contributed by atoms with van der Waals surface area (Å²) in [4.78, 5) is 12.3. The van der Waals surface area contributed by atoms with E-state index in [2.05, 4.69) is 22.4 Å². The number of ether oxygens (including phenoxy) is 1. The Labute approximate surface area is 138 Å². The van der Waals surface area contributed by atoms with E-state index in [0.29, 0.717) is 25.0 Å². The van der Waals surface area contributed by atoms with Gasteiger partial charge in [0.25, 0.3) is 0 Å². The van der Waals surface area contributed by atoms with Crippen molar-refractivity contribution >= 4 is 5.97 Å². The molecule has 1 unspecified atom stereocenters. The molecule has 1 atom stereocenters. The molecule has 23 heavy (non-hydrogen) atoms. The quantitative estimate of drug-likeness (QED) is 0.497. The highest BCUT2D eigenvalue weighted by atomic mass is 16.5. The standard InChI is InChI=1S/C17H29N3O3/c1-4-6-7-8-11-17(3,16(21)22-5-2)18-12-14-19-20-15(23-14)13-9-10-13/h13,18H,4-12H2,1-3H3. The summed E-state index contributed by atoms with van der Waals surface area (Å²) in [5.74, 6) is 1.50. The maximum atomic E-state index is 12.3. The first kappa shape index (κ1) is 17.9. The molecule has 1 aliphatic carbocycles. The fourth-order valence-corrected chi connectivity index (χ4v) is 2.56. The van der Waals surface area contributed by atoms with E-state index < -0.39 is 5.54 Å². The molecule has 2 rings (SSSR count). The predicted octanol–water partition coefficient (Wildman–Crippen LogP) is 3.33. The molecule has 0 amide bonds. The molecule has 0 saturated heterocycles. The summed E-state index contributed by atoms with van der Waals surface area (Å²) in [5.41, 5.74) is -0.710. The normalized spacial score (nSPS) is 17.0. The summed E-state index contributed by atoms with van der Waals surface area (Å²) in [6.07, 6.45) is 7.49. The monoisotopic (exact) mass is 323 g/mol. The van der Waals surface area contributed by atoms with Crippen LogP contribution in [-0.2, 0) is 16.1 Å². The van der Waals surface area contributed by atoms with Gasteiger partial charge in [0.15, 0.2) is 0 Å². The molecule has 0 spiro atoms. The van der Waals surface area contributed by atoms with Crippen LogP contribution in [0.3, 0.4) is 0 Å². The van der Waals surface area contributed by atoms with Crippen molar-refractivity contribution in [1.29, 1.82) is 0 Å². The van der Waals surface area contributed by atoms with E-state index >= 15 is 0 Å². The first-order valence-corrected chi connectivity index (χ1v) is 8.83. The lowest BCUT2D eigenvalue weighted by Crippen LogP contribution is -2.50. The lowest BCUT2D eigenvalue weighted by atomic mass is 9.94. The van der Waals surface area contributed by atoms with E-state index in [-0.39, 0.29) is 5.97 Å². The lowest BCUT2D eigenvalue weighted by molar-refractivity contribution is -0.151. The summed E-state index contributed by atoms with van der Waals surface area (Å²) in [7, 11) is 0. The average Bonchev–Trinajstić information content (AvgIpc) is 3.28. The summed E-state index contributed by atoms with van der Waals surface area (Å²) in [5, 5.41) is 11.4. The summed E-state index contributed by atoms with van der Waals surface area (Å²) in [6.45, 7) is 6.68. The molecule has 0 bridgehead atoms. The van der Waals surface area contributed by atoms with Crippen LogP contribution in [0.4, 0.5) is 0 Å². The first-order chi connectivity index (χ1) is 11.1. The molecule has 0 radical (unpaired) electrons. The van der Waals surface area contributed by atoms with Gasteiger partial charge in [0.1, 0.15) is 5.54 Å². The molecular formula is C17H29N3O3. The molecule has 1 aromatic rings. The van der Waals surface area contributed by atoms with E-state index in [1.807, 2.05) is 13.8 Å². The maximum absolute atomic E-state index is 12.3. The summed E-state index contributed by atoms with van der Waals surface area (Å²) >= 11 is 0. The molecule has 6 nitrogen and oxygen atoms in total. The van der Waals surface area contributed by atoms with Crippen molar-refractivity contribution in [2.75, 3.05) is 6.61 Å². The zero-order valence-corrected chi connectivity index (χ0v) is 14.6. The van der Waals surface area contributed by atoms with Crippen molar-refractivity contribution in [2.45, 2.75) is 83.7 Å². The van der Waals surface area contributed by atoms with Crippen molar-refractivity contribution in [2.24, 2.45) is 0 Å². The van der Waals surface area contributed by atoms with Gasteiger partial charge >= 0.3 is 5.97 Å². The van der Waals surface area contributed by atoms with Crippen LogP contribution in [0.25, 0.3) is 0 Å². The third kappa shape index (κ3) is 5.30. The Bertz CT molecular complexity index is 499. The minimum atomic E-state index is -0.710. The molecular weight excluding hydrogens is 294 g/mol. The average molecular weight is 323 g/mol. The zero-order chi connectivity index (χ0) is 16.7. The van der Waals surface area contributed by atoms with Crippen LogP contribution in [0.1, 0.15) is 83.4 Å². The number of nitrogens with one attached hydrogen (secondary N) is 1. The largest absolute Gasteiger partial charge is 0.465 e. The van der Waals surface area contributed by atoms with Gasteiger partial charge in [-0.15, -0.1) is 10.2 Å². The number of hydrogen-bond donors (Lipinski definition) is 1. The Balaban J connectivity index is 1.90. The van der Waals surface area contributed by atoms with E-state index in [0.717, 1.165) is 38.0 Å². The van der Waals surface area contributed by atoms with Crippen molar-refractivity contribution in [1.82, 2.24) is 15.5 Å². The number of unbranched alkanes of at least 4 members (excludes halogenated alkanes) is 3. The number of nitrogens with zero attached hydrogens (tertiary/aromatic N) is 2. The topological polar surface area (TPSA) is 77.3 Å². The lowest BCUT2D eigenvalue weighted by Gasteiger charge is -2.28. The second-order valence-electron chi connectivity index (χ2n) is 6.53. The highest BCUT2D eigenvalue weighted by Gasteiger charge is 2.34. The van der Waals surface area contributed by atoms with E-state index in [1.165, 1.54) is 12.8 Å². The van der Waals surface area contributed by atoms with Gasteiger partial charge in [-0.25, -0.2) is 0 Å². The van der Waals surface area contributed by atoms with Crippen LogP contribution < -0.4 is 5.32 Å². The van der Waals surface area contributed by atoms with Gasteiger partial charge in [-0.1, -0.05) is 32.6 Å². The summed E-state index contributed by atoms with van der Waals surface area (Å²) in [6, 6.07) is 0. The number of aromatic nitrogens is 2. The van der Waals surface area contributed by atoms with Crippen molar-refractivity contribution in [3.8, 4) is 0 Å². The van der Waals surface area contributed by atoms with E-state index in [9.17, 15) is 4.79 Å². The van der Waals surface area contributed by atoms with Gasteiger partial charge in [0.05, 0.1) is 13.2 Å². The fraction of sp³-hybridized carbons (Fsp3) is 0.824. The van der Waals surface area contributed by atoms with Gasteiger partial charge in [-0.2, -0.15) is 0 Å². The van der Waals surface area contributed by atoms with Crippen LogP contribution in [0.5, 0.6) is 0 Å². The molecule has 0 aromatic carbocycles. The number of carbonyl (C=O) groups excluding carboxylic acids is 1. The third-order valence-corrected chi connectivity index (χ3v) is 4.30. The van der Waals surface area contributed by atoms with E-state index in [4.69, 9.17) is 9.15 Å². The fourth-order valence-electron chi connectivity index (χ4n) is 2.56. The second-order valence-corrected chi connectivity index (χ2v) is 6.53. The maximum Gasteiger partial charge on any atom is 0.326 e. The van der Waals surface area contributed by atoms with Crippen LogP contribution in [0, 0.1) is 0 Å². The number of esters is 1. The first-order valence-electron chi connectivity index (χ1n) is 8.83. The van der Waals surface area contributed by atoms with Gasteiger partial charge in [-0.3, -0.25) is 10.1 Å². The van der Waals surface area contributed by atoms with Gasteiger partial charge in [0.2, 0.25) is 11.8 Å². The van der Waals surface area contributed by atoms with E-state index in [1.54, 1.807) is 0 Å². The molecule has 0 aliphatic heterocycles.